The van der Waals surface area contributed by atoms with E-state index < -0.39 is 0 Å². The number of likely N-dealkylation sites (tertiary alicyclic amines) is 1. The highest BCUT2D eigenvalue weighted by atomic mass is 35.5. The fraction of sp³-hybridized carbons (Fsp3) is 0.333. The Labute approximate surface area is 199 Å². The highest BCUT2D eigenvalue weighted by Crippen LogP contribution is 2.46. The minimum Gasteiger partial charge on any atom is -0.496 e. The largest absolute Gasteiger partial charge is 0.496 e. The van der Waals surface area contributed by atoms with Crippen molar-refractivity contribution < 1.29 is 4.74 Å². The van der Waals surface area contributed by atoms with Gasteiger partial charge in [0.25, 0.3) is 0 Å². The summed E-state index contributed by atoms with van der Waals surface area (Å²) < 4.78 is 5.88. The number of ether oxygens (including phenoxy) is 1. The third kappa shape index (κ3) is 3.90. The second-order valence-electron chi connectivity index (χ2n) is 7.71. The average molecular weight is 490 g/mol. The van der Waals surface area contributed by atoms with Crippen LogP contribution in [0.1, 0.15) is 35.0 Å². The average Bonchev–Trinajstić information content (AvgIpc) is 3.44. The summed E-state index contributed by atoms with van der Waals surface area (Å²) in [5.74, 6) is 1.63. The number of nitrogens with zero attached hydrogens (tertiary/aromatic N) is 5. The minimum atomic E-state index is -0.153. The number of aromatic amines is 1. The second kappa shape index (κ2) is 8.82. The zero-order chi connectivity index (χ0) is 22.2. The first kappa shape index (κ1) is 21.4. The minimum absolute atomic E-state index is 0.153. The summed E-state index contributed by atoms with van der Waals surface area (Å²) in [5.41, 5.74) is 3.22. The Morgan fingerprint density at radius 1 is 1.28 bits per heavy atom. The summed E-state index contributed by atoms with van der Waals surface area (Å²) in [7, 11) is 1.67. The van der Waals surface area contributed by atoms with Gasteiger partial charge in [-0.1, -0.05) is 23.2 Å². The number of imidazole rings is 1. The number of hydrogen-bond donors (Lipinski definition) is 2. The maximum absolute atomic E-state index is 6.68. The molecular weight excluding hydrogens is 469 g/mol. The van der Waals surface area contributed by atoms with Gasteiger partial charge in [-0.3, -0.25) is 4.90 Å². The Balaban J connectivity index is 1.42. The number of fused-ring (bicyclic) bond motifs is 1. The van der Waals surface area contributed by atoms with E-state index in [-0.39, 0.29) is 12.0 Å². The number of aromatic nitrogens is 5. The van der Waals surface area contributed by atoms with Crippen molar-refractivity contribution in [2.45, 2.75) is 25.4 Å². The van der Waals surface area contributed by atoms with Gasteiger partial charge in [0.2, 0.25) is 0 Å². The number of benzene rings is 1. The van der Waals surface area contributed by atoms with Gasteiger partial charge in [0.1, 0.15) is 22.6 Å². The molecule has 8 nitrogen and oxygen atoms in total. The smallest absolute Gasteiger partial charge is 0.162 e. The van der Waals surface area contributed by atoms with E-state index in [1.165, 1.54) is 6.33 Å². The predicted molar refractivity (Wildman–Crippen MR) is 127 cm³/mol. The van der Waals surface area contributed by atoms with Crippen LogP contribution in [0.3, 0.4) is 0 Å². The molecule has 0 saturated carbocycles. The number of halogens is 2. The lowest BCUT2D eigenvalue weighted by Crippen LogP contribution is -2.44. The number of hydrogen-bond acceptors (Lipinski definition) is 8. The molecule has 1 atom stereocenters. The number of anilines is 1. The van der Waals surface area contributed by atoms with Gasteiger partial charge in [-0.25, -0.2) is 19.9 Å². The van der Waals surface area contributed by atoms with E-state index in [0.29, 0.717) is 27.0 Å². The number of nitrogens with one attached hydrogen (secondary N) is 2. The SMILES string of the molecule is COc1c(C(C)Nc2ncnc3[nH]cnc23)cc(Cl)c(Cl)c1C1CN(Cc2nccs2)C1. The van der Waals surface area contributed by atoms with E-state index in [0.717, 1.165) is 41.5 Å². The molecule has 4 heterocycles. The van der Waals surface area contributed by atoms with Gasteiger partial charge in [-0.05, 0) is 13.0 Å². The van der Waals surface area contributed by atoms with Gasteiger partial charge in [0.15, 0.2) is 11.5 Å². The van der Waals surface area contributed by atoms with Crippen LogP contribution in [-0.4, -0.2) is 50.0 Å². The Hall–Kier alpha value is -2.46. The molecule has 32 heavy (non-hydrogen) atoms. The highest BCUT2D eigenvalue weighted by Gasteiger charge is 2.34. The van der Waals surface area contributed by atoms with Crippen molar-refractivity contribution in [3.05, 3.63) is 56.5 Å². The van der Waals surface area contributed by atoms with E-state index in [1.807, 2.05) is 24.6 Å². The van der Waals surface area contributed by atoms with Crippen molar-refractivity contribution in [3.63, 3.8) is 0 Å². The van der Waals surface area contributed by atoms with E-state index >= 15 is 0 Å². The molecule has 1 aromatic carbocycles. The van der Waals surface area contributed by atoms with Gasteiger partial charge >= 0.3 is 0 Å². The highest BCUT2D eigenvalue weighted by molar-refractivity contribution is 7.09. The van der Waals surface area contributed by atoms with Crippen LogP contribution < -0.4 is 10.1 Å². The lowest BCUT2D eigenvalue weighted by Gasteiger charge is -2.40. The molecule has 5 rings (SSSR count). The summed E-state index contributed by atoms with van der Waals surface area (Å²) in [6.07, 6.45) is 4.93. The van der Waals surface area contributed by atoms with Gasteiger partial charge in [-0.2, -0.15) is 0 Å². The molecule has 3 aromatic heterocycles. The first-order chi connectivity index (χ1) is 15.5. The second-order valence-corrected chi connectivity index (χ2v) is 9.48. The van der Waals surface area contributed by atoms with Crippen LogP contribution >= 0.6 is 34.5 Å². The summed E-state index contributed by atoms with van der Waals surface area (Å²) >= 11 is 14.9. The van der Waals surface area contributed by atoms with Gasteiger partial charge in [0, 0.05) is 41.7 Å². The van der Waals surface area contributed by atoms with Crippen LogP contribution in [0, 0.1) is 0 Å². The van der Waals surface area contributed by atoms with Gasteiger partial charge < -0.3 is 15.0 Å². The molecule has 1 fully saturated rings. The van der Waals surface area contributed by atoms with Crippen LogP contribution in [0.2, 0.25) is 10.0 Å². The monoisotopic (exact) mass is 489 g/mol. The van der Waals surface area contributed by atoms with E-state index in [2.05, 4.69) is 35.1 Å². The Morgan fingerprint density at radius 2 is 2.12 bits per heavy atom. The standard InChI is InChI=1S/C21H21Cl2N7OS/c1-11(29-21-18-20(26-9-25-18)27-10-28-21)13-5-14(22)17(23)16(19(13)31-2)12-6-30(7-12)8-15-24-3-4-32-15/h3-5,9-12H,6-8H2,1-2H3,(H2,25,26,27,28,29). The summed E-state index contributed by atoms with van der Waals surface area (Å²) in [4.78, 5) is 22.6. The lowest BCUT2D eigenvalue weighted by molar-refractivity contribution is 0.137. The normalized spacial score (nSPS) is 15.6. The molecule has 1 saturated heterocycles. The quantitative estimate of drug-likeness (QED) is 0.381. The lowest BCUT2D eigenvalue weighted by atomic mass is 9.88. The number of methoxy groups -OCH3 is 1. The summed E-state index contributed by atoms with van der Waals surface area (Å²) in [6.45, 7) is 4.61. The Bertz CT molecular complexity index is 1240. The molecule has 0 radical (unpaired) electrons. The van der Waals surface area contributed by atoms with Crippen molar-refractivity contribution in [1.29, 1.82) is 0 Å². The third-order valence-corrected chi connectivity index (χ3v) is 7.25. The molecule has 1 aliphatic heterocycles. The van der Waals surface area contributed by atoms with Crippen molar-refractivity contribution in [2.75, 3.05) is 25.5 Å². The van der Waals surface area contributed by atoms with Gasteiger partial charge in [-0.15, -0.1) is 11.3 Å². The molecule has 0 aliphatic carbocycles. The number of H-pyrrole nitrogens is 1. The van der Waals surface area contributed by atoms with Crippen molar-refractivity contribution >= 4 is 51.5 Å². The molecular formula is C21H21Cl2N7OS. The Morgan fingerprint density at radius 3 is 2.88 bits per heavy atom. The molecule has 11 heteroatoms. The molecule has 0 amide bonds. The fourth-order valence-corrected chi connectivity index (χ4v) is 5.29. The first-order valence-corrected chi connectivity index (χ1v) is 11.8. The van der Waals surface area contributed by atoms with Crippen LogP contribution in [0.5, 0.6) is 5.75 Å². The molecule has 1 unspecified atom stereocenters. The van der Waals surface area contributed by atoms with Gasteiger partial charge in [0.05, 0.1) is 36.1 Å². The number of thiazole rings is 1. The summed E-state index contributed by atoms with van der Waals surface area (Å²) in [6, 6.07) is 1.71. The molecule has 1 aliphatic rings. The van der Waals surface area contributed by atoms with E-state index in [4.69, 9.17) is 27.9 Å². The maximum Gasteiger partial charge on any atom is 0.162 e. The topological polar surface area (TPSA) is 91.8 Å². The van der Waals surface area contributed by atoms with Crippen LogP contribution in [0.15, 0.2) is 30.3 Å². The van der Waals surface area contributed by atoms with Crippen molar-refractivity contribution in [3.8, 4) is 5.75 Å². The molecule has 0 bridgehead atoms. The molecule has 166 valence electrons. The Kier molecular flexibility index (Phi) is 5.90. The van der Waals surface area contributed by atoms with E-state index in [9.17, 15) is 0 Å². The van der Waals surface area contributed by atoms with E-state index in [1.54, 1.807) is 24.8 Å². The molecule has 4 aromatic rings. The maximum atomic E-state index is 6.68. The molecule has 0 spiro atoms. The predicted octanol–water partition coefficient (Wildman–Crippen LogP) is 4.90. The van der Waals surface area contributed by atoms with Crippen LogP contribution in [0.4, 0.5) is 5.82 Å². The zero-order valence-electron chi connectivity index (χ0n) is 17.5. The fourth-order valence-electron chi connectivity index (χ4n) is 4.12. The number of rotatable bonds is 7. The first-order valence-electron chi connectivity index (χ1n) is 10.1. The van der Waals surface area contributed by atoms with Crippen molar-refractivity contribution in [2.24, 2.45) is 0 Å². The zero-order valence-corrected chi connectivity index (χ0v) is 19.8. The molecule has 2 N–H and O–H groups in total. The van der Waals surface area contributed by atoms with Crippen LogP contribution in [0.25, 0.3) is 11.2 Å². The van der Waals surface area contributed by atoms with Crippen LogP contribution in [-0.2, 0) is 6.54 Å². The third-order valence-electron chi connectivity index (χ3n) is 5.68. The summed E-state index contributed by atoms with van der Waals surface area (Å²) in [5, 5.41) is 7.59. The van der Waals surface area contributed by atoms with Crippen molar-refractivity contribution in [1.82, 2.24) is 29.8 Å².